The van der Waals surface area contributed by atoms with E-state index in [1.807, 2.05) is 0 Å². The normalized spacial score (nSPS) is 9.50. The minimum Gasteiger partial charge on any atom is -0.477 e. The number of aromatic carboxylic acids is 1. The van der Waals surface area contributed by atoms with Gasteiger partial charge in [0.1, 0.15) is 5.69 Å². The van der Waals surface area contributed by atoms with E-state index < -0.39 is 5.97 Å². The molecule has 0 fully saturated rings. The van der Waals surface area contributed by atoms with Gasteiger partial charge in [0.25, 0.3) is 5.91 Å². The highest BCUT2D eigenvalue weighted by molar-refractivity contribution is 5.96. The zero-order valence-corrected chi connectivity index (χ0v) is 7.65. The molecule has 0 aliphatic heterocycles. The van der Waals surface area contributed by atoms with Crippen LogP contribution in [0, 0.1) is 0 Å². The van der Waals surface area contributed by atoms with Crippen LogP contribution in [-0.2, 0) is 0 Å². The van der Waals surface area contributed by atoms with Gasteiger partial charge in [-0.15, -0.1) is 0 Å². The van der Waals surface area contributed by atoms with Gasteiger partial charge in [0.15, 0.2) is 0 Å². The number of carbonyl (C=O) groups excluding carboxylic acids is 1. The molecule has 2 N–H and O–H groups in total. The summed E-state index contributed by atoms with van der Waals surface area (Å²) in [4.78, 5) is 25.4. The largest absolute Gasteiger partial charge is 0.477 e. The molecule has 0 aromatic carbocycles. The molecule has 5 heteroatoms. The van der Waals surface area contributed by atoms with E-state index in [-0.39, 0.29) is 11.6 Å². The summed E-state index contributed by atoms with van der Waals surface area (Å²) in [6, 6.07) is 2.71. The average molecular weight is 194 g/mol. The van der Waals surface area contributed by atoms with Crippen LogP contribution in [0.4, 0.5) is 0 Å². The first-order valence-corrected chi connectivity index (χ1v) is 4.12. The third-order valence-corrected chi connectivity index (χ3v) is 1.58. The summed E-state index contributed by atoms with van der Waals surface area (Å²) in [5.41, 5.74) is 0.174. The maximum absolute atomic E-state index is 11.3. The van der Waals surface area contributed by atoms with Crippen molar-refractivity contribution < 1.29 is 14.7 Å². The van der Waals surface area contributed by atoms with E-state index in [0.29, 0.717) is 12.1 Å². The van der Waals surface area contributed by atoms with Gasteiger partial charge < -0.3 is 10.4 Å². The van der Waals surface area contributed by atoms with E-state index in [0.717, 1.165) is 0 Å². The van der Waals surface area contributed by atoms with Gasteiger partial charge in [-0.2, -0.15) is 0 Å². The molecular formula is C9H10N2O3. The maximum atomic E-state index is 11.3. The third kappa shape index (κ3) is 2.29. The Morgan fingerprint density at radius 2 is 2.29 bits per heavy atom. The standard InChI is InChI=1S/C9H10N2O3/c1-2-10-8(12)6-3-4-11-7(5-6)9(13)14/h3-5H,2H2,1H3,(H,10,12)(H,13,14). The lowest BCUT2D eigenvalue weighted by atomic mass is 10.2. The lowest BCUT2D eigenvalue weighted by Gasteiger charge is -2.01. The Balaban J connectivity index is 2.93. The number of carboxylic acid groups (broad SMARTS) is 1. The molecule has 0 atom stereocenters. The van der Waals surface area contributed by atoms with E-state index in [9.17, 15) is 9.59 Å². The van der Waals surface area contributed by atoms with Crippen LogP contribution in [0.25, 0.3) is 0 Å². The first-order valence-electron chi connectivity index (χ1n) is 4.12. The van der Waals surface area contributed by atoms with Crippen LogP contribution in [0.1, 0.15) is 27.8 Å². The van der Waals surface area contributed by atoms with Crippen LogP contribution < -0.4 is 5.32 Å². The Bertz CT molecular complexity index is 363. The zero-order chi connectivity index (χ0) is 10.6. The topological polar surface area (TPSA) is 79.3 Å². The van der Waals surface area contributed by atoms with Crippen molar-refractivity contribution in [3.8, 4) is 0 Å². The molecule has 14 heavy (non-hydrogen) atoms. The molecule has 1 aromatic heterocycles. The lowest BCUT2D eigenvalue weighted by molar-refractivity contribution is 0.0690. The predicted molar refractivity (Wildman–Crippen MR) is 49.2 cm³/mol. The second-order valence-corrected chi connectivity index (χ2v) is 2.59. The summed E-state index contributed by atoms with van der Waals surface area (Å²) in [6.07, 6.45) is 1.30. The molecule has 1 rings (SSSR count). The molecule has 0 bridgehead atoms. The maximum Gasteiger partial charge on any atom is 0.354 e. The number of carboxylic acids is 1. The van der Waals surface area contributed by atoms with Crippen molar-refractivity contribution >= 4 is 11.9 Å². The number of aromatic nitrogens is 1. The Morgan fingerprint density at radius 1 is 1.57 bits per heavy atom. The zero-order valence-electron chi connectivity index (χ0n) is 7.65. The van der Waals surface area contributed by atoms with Gasteiger partial charge in [0.05, 0.1) is 0 Å². The van der Waals surface area contributed by atoms with E-state index in [1.165, 1.54) is 18.3 Å². The van der Waals surface area contributed by atoms with Crippen LogP contribution in [0.5, 0.6) is 0 Å². The van der Waals surface area contributed by atoms with Crippen LogP contribution in [0.3, 0.4) is 0 Å². The number of nitrogens with one attached hydrogen (secondary N) is 1. The summed E-state index contributed by atoms with van der Waals surface area (Å²) < 4.78 is 0. The number of carbonyl (C=O) groups is 2. The van der Waals surface area contributed by atoms with Gasteiger partial charge in [0, 0.05) is 18.3 Å². The van der Waals surface area contributed by atoms with Crippen LogP contribution in [0.15, 0.2) is 18.3 Å². The number of nitrogens with zero attached hydrogens (tertiary/aromatic N) is 1. The first kappa shape index (κ1) is 10.2. The minimum atomic E-state index is -1.14. The molecule has 74 valence electrons. The van der Waals surface area contributed by atoms with Gasteiger partial charge in [-0.3, -0.25) is 4.79 Å². The molecule has 0 aliphatic rings. The monoisotopic (exact) mass is 194 g/mol. The van der Waals surface area contributed by atoms with Crippen molar-refractivity contribution in [3.05, 3.63) is 29.6 Å². The van der Waals surface area contributed by atoms with Crippen molar-refractivity contribution in [3.63, 3.8) is 0 Å². The molecule has 0 saturated carbocycles. The van der Waals surface area contributed by atoms with E-state index in [1.54, 1.807) is 6.92 Å². The summed E-state index contributed by atoms with van der Waals surface area (Å²) in [6.45, 7) is 2.29. The molecular weight excluding hydrogens is 184 g/mol. The molecule has 1 heterocycles. The van der Waals surface area contributed by atoms with Gasteiger partial charge >= 0.3 is 5.97 Å². The highest BCUT2D eigenvalue weighted by Crippen LogP contribution is 2.01. The lowest BCUT2D eigenvalue weighted by Crippen LogP contribution is -2.23. The minimum absolute atomic E-state index is 0.131. The first-order chi connectivity index (χ1) is 6.65. The van der Waals surface area contributed by atoms with Gasteiger partial charge in [-0.25, -0.2) is 9.78 Å². The van der Waals surface area contributed by atoms with E-state index >= 15 is 0 Å². The molecule has 0 saturated heterocycles. The predicted octanol–water partition coefficient (Wildman–Crippen LogP) is 0.530. The average Bonchev–Trinajstić information content (AvgIpc) is 2.18. The fraction of sp³-hybridized carbons (Fsp3) is 0.222. The van der Waals surface area contributed by atoms with E-state index in [4.69, 9.17) is 5.11 Å². The fourth-order valence-corrected chi connectivity index (χ4v) is 0.951. The highest BCUT2D eigenvalue weighted by atomic mass is 16.4. The van der Waals surface area contributed by atoms with Gasteiger partial charge in [-0.1, -0.05) is 0 Å². The molecule has 0 radical (unpaired) electrons. The summed E-state index contributed by atoms with van der Waals surface area (Å²) in [5.74, 6) is -1.44. The Labute approximate surface area is 80.8 Å². The third-order valence-electron chi connectivity index (χ3n) is 1.58. The molecule has 0 unspecified atom stereocenters. The van der Waals surface area contributed by atoms with Gasteiger partial charge in [0.2, 0.25) is 0 Å². The highest BCUT2D eigenvalue weighted by Gasteiger charge is 2.09. The smallest absolute Gasteiger partial charge is 0.354 e. The van der Waals surface area contributed by atoms with Crippen molar-refractivity contribution in [1.29, 1.82) is 0 Å². The Morgan fingerprint density at radius 3 is 2.86 bits per heavy atom. The van der Waals surface area contributed by atoms with Crippen LogP contribution >= 0.6 is 0 Å². The number of hydrogen-bond acceptors (Lipinski definition) is 3. The van der Waals surface area contributed by atoms with Crippen LogP contribution in [-0.4, -0.2) is 28.5 Å². The molecule has 0 spiro atoms. The second-order valence-electron chi connectivity index (χ2n) is 2.59. The van der Waals surface area contributed by atoms with E-state index in [2.05, 4.69) is 10.3 Å². The van der Waals surface area contributed by atoms with Crippen molar-refractivity contribution in [2.24, 2.45) is 0 Å². The number of pyridine rings is 1. The molecule has 0 aliphatic carbocycles. The van der Waals surface area contributed by atoms with Gasteiger partial charge in [-0.05, 0) is 19.1 Å². The fourth-order valence-electron chi connectivity index (χ4n) is 0.951. The molecule has 5 nitrogen and oxygen atoms in total. The summed E-state index contributed by atoms with van der Waals surface area (Å²) >= 11 is 0. The number of amides is 1. The Hall–Kier alpha value is -1.91. The summed E-state index contributed by atoms with van der Waals surface area (Å²) in [5, 5.41) is 11.2. The SMILES string of the molecule is CCNC(=O)c1ccnc(C(=O)O)c1. The Kier molecular flexibility index (Phi) is 3.17. The second kappa shape index (κ2) is 4.36. The van der Waals surface area contributed by atoms with Crippen LogP contribution in [0.2, 0.25) is 0 Å². The van der Waals surface area contributed by atoms with Crippen molar-refractivity contribution in [1.82, 2.24) is 10.3 Å². The number of rotatable bonds is 3. The molecule has 1 aromatic rings. The number of hydrogen-bond donors (Lipinski definition) is 2. The van der Waals surface area contributed by atoms with Crippen molar-refractivity contribution in [2.45, 2.75) is 6.92 Å². The van der Waals surface area contributed by atoms with Crippen molar-refractivity contribution in [2.75, 3.05) is 6.54 Å². The summed E-state index contributed by atoms with van der Waals surface area (Å²) in [7, 11) is 0. The molecule has 1 amide bonds. The quantitative estimate of drug-likeness (QED) is 0.735.